The van der Waals surface area contributed by atoms with Crippen LogP contribution < -0.4 is 5.32 Å². The smallest absolute Gasteiger partial charge is 0.254 e. The molecule has 1 aromatic carbocycles. The second-order valence-electron chi connectivity index (χ2n) is 5.92. The van der Waals surface area contributed by atoms with Crippen LogP contribution in [0.1, 0.15) is 40.7 Å². The fraction of sp³-hybridized carbons (Fsp3) is 0.389. The van der Waals surface area contributed by atoms with E-state index in [4.69, 9.17) is 23.2 Å². The number of anilines is 1. The van der Waals surface area contributed by atoms with E-state index in [1.54, 1.807) is 12.1 Å². The quantitative estimate of drug-likeness (QED) is 0.698. The van der Waals surface area contributed by atoms with Crippen LogP contribution in [0.3, 0.4) is 0 Å². The minimum atomic E-state index is -0.275. The van der Waals surface area contributed by atoms with E-state index in [0.29, 0.717) is 27.3 Å². The van der Waals surface area contributed by atoms with E-state index >= 15 is 0 Å². The van der Waals surface area contributed by atoms with Gasteiger partial charge in [0.2, 0.25) is 5.91 Å². The van der Waals surface area contributed by atoms with Crippen LogP contribution in [-0.4, -0.2) is 34.8 Å². The van der Waals surface area contributed by atoms with E-state index in [0.717, 1.165) is 23.4 Å². The van der Waals surface area contributed by atoms with Gasteiger partial charge in [-0.3, -0.25) is 9.59 Å². The molecule has 26 heavy (non-hydrogen) atoms. The number of nitrogens with one attached hydrogen (secondary N) is 1. The summed E-state index contributed by atoms with van der Waals surface area (Å²) in [7, 11) is 0. The molecule has 5 nitrogen and oxygen atoms in total. The molecule has 8 heteroatoms. The van der Waals surface area contributed by atoms with Crippen LogP contribution >= 0.6 is 34.5 Å². The van der Waals surface area contributed by atoms with Crippen LogP contribution in [0.5, 0.6) is 0 Å². The summed E-state index contributed by atoms with van der Waals surface area (Å²) in [6.07, 6.45) is 1.72. The highest BCUT2D eigenvalue weighted by atomic mass is 35.5. The highest BCUT2D eigenvalue weighted by molar-refractivity contribution is 7.15. The third-order valence-electron chi connectivity index (χ3n) is 3.84. The van der Waals surface area contributed by atoms with Gasteiger partial charge in [-0.05, 0) is 38.5 Å². The lowest BCUT2D eigenvalue weighted by atomic mass is 10.2. The summed E-state index contributed by atoms with van der Waals surface area (Å²) in [5.74, 6) is -0.526. The Morgan fingerprint density at radius 3 is 2.54 bits per heavy atom. The number of carbonyl (C=O) groups excluding carboxylic acids is 2. The number of benzene rings is 1. The number of amides is 2. The monoisotopic (exact) mass is 413 g/mol. The Hall–Kier alpha value is -1.63. The Balaban J connectivity index is 2.11. The molecule has 0 atom stereocenters. The molecule has 0 saturated carbocycles. The lowest BCUT2D eigenvalue weighted by Crippen LogP contribution is -2.38. The van der Waals surface area contributed by atoms with Crippen molar-refractivity contribution in [2.24, 2.45) is 0 Å². The number of hydrogen-bond acceptors (Lipinski definition) is 4. The maximum absolute atomic E-state index is 12.8. The zero-order valence-corrected chi connectivity index (χ0v) is 17.3. The molecule has 0 bridgehead atoms. The van der Waals surface area contributed by atoms with Gasteiger partial charge in [0, 0.05) is 17.0 Å². The molecule has 0 aliphatic heterocycles. The van der Waals surface area contributed by atoms with Gasteiger partial charge in [-0.25, -0.2) is 4.98 Å². The normalized spacial score (nSPS) is 10.7. The van der Waals surface area contributed by atoms with Gasteiger partial charge in [0.1, 0.15) is 6.54 Å². The fourth-order valence-electron chi connectivity index (χ4n) is 2.27. The molecule has 2 rings (SSSR count). The molecule has 0 radical (unpaired) electrons. The minimum absolute atomic E-state index is 0.0449. The number of nitrogens with zero attached hydrogens (tertiary/aromatic N) is 2. The van der Waals surface area contributed by atoms with Crippen molar-refractivity contribution in [1.29, 1.82) is 0 Å². The molecule has 0 aliphatic carbocycles. The second kappa shape index (κ2) is 9.35. The zero-order valence-electron chi connectivity index (χ0n) is 14.9. The summed E-state index contributed by atoms with van der Waals surface area (Å²) >= 11 is 13.3. The lowest BCUT2D eigenvalue weighted by molar-refractivity contribution is -0.116. The Labute approximate surface area is 167 Å². The largest absolute Gasteiger partial charge is 0.329 e. The van der Waals surface area contributed by atoms with Crippen molar-refractivity contribution in [3.63, 3.8) is 0 Å². The van der Waals surface area contributed by atoms with E-state index < -0.39 is 0 Å². The zero-order chi connectivity index (χ0) is 19.3. The Bertz CT molecular complexity index is 788. The van der Waals surface area contributed by atoms with Crippen LogP contribution in [0.25, 0.3) is 0 Å². The topological polar surface area (TPSA) is 62.3 Å². The van der Waals surface area contributed by atoms with Crippen LogP contribution in [0.4, 0.5) is 5.13 Å². The van der Waals surface area contributed by atoms with E-state index in [-0.39, 0.29) is 18.4 Å². The number of rotatable bonds is 7. The van der Waals surface area contributed by atoms with Crippen molar-refractivity contribution in [3.05, 3.63) is 44.4 Å². The van der Waals surface area contributed by atoms with Crippen LogP contribution in [0.15, 0.2) is 18.2 Å². The van der Waals surface area contributed by atoms with Crippen molar-refractivity contribution in [1.82, 2.24) is 9.88 Å². The number of hydrogen-bond donors (Lipinski definition) is 1. The molecule has 140 valence electrons. The van der Waals surface area contributed by atoms with Crippen LogP contribution in [-0.2, 0) is 4.79 Å². The van der Waals surface area contributed by atoms with Gasteiger partial charge in [0.05, 0.1) is 15.7 Å². The van der Waals surface area contributed by atoms with Crippen LogP contribution in [0.2, 0.25) is 10.0 Å². The number of thiazole rings is 1. The third kappa shape index (κ3) is 5.43. The van der Waals surface area contributed by atoms with Crippen molar-refractivity contribution in [3.8, 4) is 0 Å². The first-order chi connectivity index (χ1) is 12.3. The Morgan fingerprint density at radius 1 is 1.23 bits per heavy atom. The minimum Gasteiger partial charge on any atom is -0.329 e. The molecule has 0 aliphatic rings. The van der Waals surface area contributed by atoms with Crippen molar-refractivity contribution in [2.45, 2.75) is 33.6 Å². The van der Waals surface area contributed by atoms with Gasteiger partial charge in [0.25, 0.3) is 5.91 Å². The van der Waals surface area contributed by atoms with Gasteiger partial charge < -0.3 is 10.2 Å². The fourth-order valence-corrected chi connectivity index (χ4v) is 3.40. The van der Waals surface area contributed by atoms with Gasteiger partial charge >= 0.3 is 0 Å². The van der Waals surface area contributed by atoms with E-state index in [1.807, 2.05) is 20.8 Å². The summed E-state index contributed by atoms with van der Waals surface area (Å²) in [5.41, 5.74) is 1.30. The summed E-state index contributed by atoms with van der Waals surface area (Å²) < 4.78 is 0. The molecule has 0 saturated heterocycles. The maximum Gasteiger partial charge on any atom is 0.254 e. The molecule has 1 aromatic heterocycles. The number of unbranched alkanes of at least 4 members (excludes halogenated alkanes) is 1. The van der Waals surface area contributed by atoms with Gasteiger partial charge in [-0.15, -0.1) is 11.3 Å². The first kappa shape index (κ1) is 20.7. The van der Waals surface area contributed by atoms with E-state index in [9.17, 15) is 9.59 Å². The van der Waals surface area contributed by atoms with E-state index in [1.165, 1.54) is 22.3 Å². The Kier molecular flexibility index (Phi) is 7.43. The van der Waals surface area contributed by atoms with Crippen molar-refractivity contribution < 1.29 is 9.59 Å². The molecule has 2 aromatic rings. The lowest BCUT2D eigenvalue weighted by Gasteiger charge is -2.22. The van der Waals surface area contributed by atoms with Gasteiger partial charge in [-0.1, -0.05) is 36.5 Å². The predicted molar refractivity (Wildman–Crippen MR) is 107 cm³/mol. The number of aryl methyl sites for hydroxylation is 2. The molecule has 0 unspecified atom stereocenters. The molecule has 0 fully saturated rings. The first-order valence-electron chi connectivity index (χ1n) is 8.30. The summed E-state index contributed by atoms with van der Waals surface area (Å²) in [6.45, 7) is 6.31. The SMILES string of the molecule is CCCCN(CC(=O)Nc1nc(C)c(C)s1)C(=O)c1ccc(Cl)c(Cl)c1. The van der Waals surface area contributed by atoms with Crippen LogP contribution in [0, 0.1) is 13.8 Å². The Morgan fingerprint density at radius 2 is 1.96 bits per heavy atom. The second-order valence-corrected chi connectivity index (χ2v) is 7.94. The number of aromatic nitrogens is 1. The van der Waals surface area contributed by atoms with Gasteiger partial charge in [-0.2, -0.15) is 0 Å². The summed E-state index contributed by atoms with van der Waals surface area (Å²) in [6, 6.07) is 4.72. The number of halogens is 2. The average Bonchev–Trinajstić information content (AvgIpc) is 2.90. The summed E-state index contributed by atoms with van der Waals surface area (Å²) in [5, 5.41) is 4.00. The van der Waals surface area contributed by atoms with E-state index in [2.05, 4.69) is 10.3 Å². The molecule has 1 N–H and O–H groups in total. The number of carbonyl (C=O) groups is 2. The third-order valence-corrected chi connectivity index (χ3v) is 5.57. The molecule has 2 amide bonds. The highest BCUT2D eigenvalue weighted by Gasteiger charge is 2.20. The maximum atomic E-state index is 12.8. The highest BCUT2D eigenvalue weighted by Crippen LogP contribution is 2.24. The predicted octanol–water partition coefficient (Wildman–Crippen LogP) is 4.95. The standard InChI is InChI=1S/C18H21Cl2N3O2S/c1-4-5-8-23(17(25)13-6-7-14(19)15(20)9-13)10-16(24)22-18-21-11(2)12(3)26-18/h6-7,9H,4-5,8,10H2,1-3H3,(H,21,22,24). The first-order valence-corrected chi connectivity index (χ1v) is 9.87. The van der Waals surface area contributed by atoms with Crippen molar-refractivity contribution >= 4 is 51.5 Å². The van der Waals surface area contributed by atoms with Crippen molar-refractivity contribution in [2.75, 3.05) is 18.4 Å². The van der Waals surface area contributed by atoms with Gasteiger partial charge in [0.15, 0.2) is 5.13 Å². The molecule has 0 spiro atoms. The average molecular weight is 414 g/mol. The summed E-state index contributed by atoms with van der Waals surface area (Å²) in [4.78, 5) is 32.0. The molecular weight excluding hydrogens is 393 g/mol. The molecular formula is C18H21Cl2N3O2S. The molecule has 1 heterocycles.